The molecule has 3 amide bonds. The molecule has 0 bridgehead atoms. The van der Waals surface area contributed by atoms with Crippen LogP contribution in [0.1, 0.15) is 73.3 Å². The maximum Gasteiger partial charge on any atom is 0.410 e. The number of likely N-dealkylation sites (tertiary alicyclic amines) is 1. The van der Waals surface area contributed by atoms with Crippen LogP contribution in [0.5, 0.6) is 0 Å². The van der Waals surface area contributed by atoms with Crippen LogP contribution in [-0.4, -0.2) is 64.7 Å². The molecule has 0 aromatic heterocycles. The topological polar surface area (TPSA) is 125 Å². The fraction of sp³-hybridized carbons (Fsp3) is 0.643. The molecular weight excluding hydrogens is 474 g/mol. The van der Waals surface area contributed by atoms with Gasteiger partial charge in [-0.2, -0.15) is 0 Å². The van der Waals surface area contributed by atoms with Gasteiger partial charge in [-0.1, -0.05) is 64.4 Å². The summed E-state index contributed by atoms with van der Waals surface area (Å²) >= 11 is 0. The number of piperidine rings is 1. The summed E-state index contributed by atoms with van der Waals surface area (Å²) < 4.78 is 5.51. The molecule has 1 heterocycles. The van der Waals surface area contributed by atoms with E-state index in [1.54, 1.807) is 11.8 Å². The Labute approximate surface area is 220 Å². The van der Waals surface area contributed by atoms with Gasteiger partial charge < -0.3 is 25.4 Å². The minimum Gasteiger partial charge on any atom is -0.480 e. The van der Waals surface area contributed by atoms with E-state index in [0.29, 0.717) is 32.4 Å². The number of rotatable bonds is 9. The first-order chi connectivity index (χ1) is 17.2. The number of hydrogen-bond donors (Lipinski definition) is 3. The zero-order valence-corrected chi connectivity index (χ0v) is 23.2. The van der Waals surface area contributed by atoms with Gasteiger partial charge in [0, 0.05) is 13.1 Å². The third-order valence-corrected chi connectivity index (χ3v) is 7.04. The van der Waals surface area contributed by atoms with Crippen molar-refractivity contribution >= 4 is 23.9 Å². The fourth-order valence-corrected chi connectivity index (χ4v) is 4.54. The molecule has 3 N–H and O–H groups in total. The first-order valence-electron chi connectivity index (χ1n) is 13.1. The molecule has 9 nitrogen and oxygen atoms in total. The number of carboxylic acids is 1. The fourth-order valence-electron chi connectivity index (χ4n) is 4.54. The van der Waals surface area contributed by atoms with Crippen molar-refractivity contribution in [3.63, 3.8) is 0 Å². The van der Waals surface area contributed by atoms with Crippen LogP contribution >= 0.6 is 0 Å². The van der Waals surface area contributed by atoms with Gasteiger partial charge in [-0.05, 0) is 51.0 Å². The molecule has 1 aromatic carbocycles. The maximum absolute atomic E-state index is 13.9. The molecule has 0 aliphatic carbocycles. The average Bonchev–Trinajstić information content (AvgIpc) is 2.84. The molecule has 1 aromatic rings. The second-order valence-corrected chi connectivity index (χ2v) is 11.3. The van der Waals surface area contributed by atoms with Crippen LogP contribution in [0.4, 0.5) is 4.79 Å². The molecule has 0 spiro atoms. The lowest BCUT2D eigenvalue weighted by Crippen LogP contribution is -2.60. The number of ether oxygens (including phenoxy) is 1. The van der Waals surface area contributed by atoms with E-state index in [9.17, 15) is 24.3 Å². The van der Waals surface area contributed by atoms with E-state index >= 15 is 0 Å². The first kappa shape index (κ1) is 30.1. The van der Waals surface area contributed by atoms with Crippen molar-refractivity contribution in [2.24, 2.45) is 11.8 Å². The van der Waals surface area contributed by atoms with Crippen molar-refractivity contribution in [1.82, 2.24) is 15.5 Å². The van der Waals surface area contributed by atoms with Crippen LogP contribution in [-0.2, 0) is 24.5 Å². The van der Waals surface area contributed by atoms with Gasteiger partial charge >= 0.3 is 12.1 Å². The molecule has 1 aliphatic heterocycles. The predicted octanol–water partition coefficient (Wildman–Crippen LogP) is 3.71. The minimum atomic E-state index is -1.10. The Balaban J connectivity index is 2.28. The molecule has 0 unspecified atom stereocenters. The van der Waals surface area contributed by atoms with Crippen molar-refractivity contribution in [2.45, 2.75) is 90.8 Å². The number of aliphatic carboxylic acids is 1. The molecule has 37 heavy (non-hydrogen) atoms. The van der Waals surface area contributed by atoms with Crippen molar-refractivity contribution in [3.8, 4) is 0 Å². The third kappa shape index (κ3) is 7.69. The van der Waals surface area contributed by atoms with Gasteiger partial charge in [-0.25, -0.2) is 9.59 Å². The Morgan fingerprint density at radius 3 is 2.03 bits per heavy atom. The summed E-state index contributed by atoms with van der Waals surface area (Å²) in [5.74, 6) is -2.48. The van der Waals surface area contributed by atoms with E-state index in [0.717, 1.165) is 5.56 Å². The van der Waals surface area contributed by atoms with E-state index in [1.807, 2.05) is 71.9 Å². The molecule has 0 saturated carbocycles. The number of carboxylic acid groups (broad SMARTS) is 1. The van der Waals surface area contributed by atoms with E-state index in [-0.39, 0.29) is 17.7 Å². The lowest BCUT2D eigenvalue weighted by atomic mass is 9.71. The van der Waals surface area contributed by atoms with Crippen LogP contribution < -0.4 is 10.6 Å². The van der Waals surface area contributed by atoms with Gasteiger partial charge in [0.15, 0.2) is 0 Å². The Kier molecular flexibility index (Phi) is 10.1. The lowest BCUT2D eigenvalue weighted by molar-refractivity contribution is -0.144. The standard InChI is InChI=1S/C28H43N3O6/c1-8-19(4)22(24(33)34)29-23(32)21(18(2)3)30-25(35)28(20-12-10-9-11-13-20)14-16-31(17-15-28)26(36)37-27(5,6)7/h9-13,18-19,21-22H,8,14-17H2,1-7H3,(H,29,32)(H,30,35)(H,33,34)/t19-,21+,22-/m0/s1. The highest BCUT2D eigenvalue weighted by Gasteiger charge is 2.46. The van der Waals surface area contributed by atoms with Crippen molar-refractivity contribution in [3.05, 3.63) is 35.9 Å². The SMILES string of the molecule is CC[C@H](C)[C@H](NC(=O)[C@H](NC(=O)C1(c2ccccc2)CCN(C(=O)OC(C)(C)C)CC1)C(C)C)C(=O)O. The number of nitrogens with one attached hydrogen (secondary N) is 2. The Morgan fingerprint density at radius 1 is 1.00 bits per heavy atom. The number of carbonyl (C=O) groups is 4. The molecule has 206 valence electrons. The number of amides is 3. The summed E-state index contributed by atoms with van der Waals surface area (Å²) in [6.07, 6.45) is 0.887. The van der Waals surface area contributed by atoms with Gasteiger partial charge in [-0.15, -0.1) is 0 Å². The van der Waals surface area contributed by atoms with Crippen molar-refractivity contribution in [2.75, 3.05) is 13.1 Å². The Bertz CT molecular complexity index is 948. The second kappa shape index (κ2) is 12.4. The summed E-state index contributed by atoms with van der Waals surface area (Å²) in [7, 11) is 0. The Morgan fingerprint density at radius 2 is 1.57 bits per heavy atom. The minimum absolute atomic E-state index is 0.266. The summed E-state index contributed by atoms with van der Waals surface area (Å²) in [5.41, 5.74) is -0.762. The highest BCUT2D eigenvalue weighted by molar-refractivity contribution is 5.94. The zero-order valence-electron chi connectivity index (χ0n) is 23.2. The van der Waals surface area contributed by atoms with Gasteiger partial charge in [0.2, 0.25) is 11.8 Å². The largest absolute Gasteiger partial charge is 0.480 e. The predicted molar refractivity (Wildman–Crippen MR) is 141 cm³/mol. The van der Waals surface area contributed by atoms with Crippen LogP contribution in [0.2, 0.25) is 0 Å². The van der Waals surface area contributed by atoms with E-state index in [4.69, 9.17) is 4.74 Å². The molecule has 0 radical (unpaired) electrons. The number of benzene rings is 1. The highest BCUT2D eigenvalue weighted by Crippen LogP contribution is 2.36. The van der Waals surface area contributed by atoms with Crippen LogP contribution in [0.15, 0.2) is 30.3 Å². The smallest absolute Gasteiger partial charge is 0.410 e. The molecule has 1 aliphatic rings. The van der Waals surface area contributed by atoms with Gasteiger partial charge in [0.1, 0.15) is 17.7 Å². The summed E-state index contributed by atoms with van der Waals surface area (Å²) in [6.45, 7) is 13.3. The first-order valence-corrected chi connectivity index (χ1v) is 13.1. The average molecular weight is 518 g/mol. The number of nitrogens with zero attached hydrogens (tertiary/aromatic N) is 1. The zero-order chi connectivity index (χ0) is 28.0. The quantitative estimate of drug-likeness (QED) is 0.459. The van der Waals surface area contributed by atoms with Gasteiger partial charge in [0.25, 0.3) is 0 Å². The van der Waals surface area contributed by atoms with Gasteiger partial charge in [-0.3, -0.25) is 9.59 Å². The summed E-state index contributed by atoms with van der Waals surface area (Å²) in [4.78, 5) is 53.1. The number of hydrogen-bond acceptors (Lipinski definition) is 5. The molecule has 3 atom stereocenters. The lowest BCUT2D eigenvalue weighted by Gasteiger charge is -2.42. The van der Waals surface area contributed by atoms with Gasteiger partial charge in [0.05, 0.1) is 5.41 Å². The summed E-state index contributed by atoms with van der Waals surface area (Å²) in [5, 5.41) is 15.2. The molecular formula is C28H43N3O6. The van der Waals surface area contributed by atoms with E-state index in [2.05, 4.69) is 10.6 Å². The molecule has 1 saturated heterocycles. The van der Waals surface area contributed by atoms with Crippen molar-refractivity contribution < 1.29 is 29.0 Å². The maximum atomic E-state index is 13.9. The summed E-state index contributed by atoms with van der Waals surface area (Å²) in [6, 6.07) is 7.41. The third-order valence-electron chi connectivity index (χ3n) is 7.04. The van der Waals surface area contributed by atoms with E-state index < -0.39 is 41.1 Å². The second-order valence-electron chi connectivity index (χ2n) is 11.3. The van der Waals surface area contributed by atoms with Crippen LogP contribution in [0, 0.1) is 11.8 Å². The van der Waals surface area contributed by atoms with E-state index in [1.165, 1.54) is 0 Å². The number of carbonyl (C=O) groups excluding carboxylic acids is 3. The highest BCUT2D eigenvalue weighted by atomic mass is 16.6. The van der Waals surface area contributed by atoms with Crippen LogP contribution in [0.25, 0.3) is 0 Å². The monoisotopic (exact) mass is 517 g/mol. The molecule has 2 rings (SSSR count). The molecule has 9 heteroatoms. The van der Waals surface area contributed by atoms with Crippen molar-refractivity contribution in [1.29, 1.82) is 0 Å². The molecule has 1 fully saturated rings. The van der Waals surface area contributed by atoms with Crippen LogP contribution in [0.3, 0.4) is 0 Å². The normalized spacial score (nSPS) is 17.9. The Hall–Kier alpha value is -3.10.